The van der Waals surface area contributed by atoms with Crippen molar-refractivity contribution in [2.24, 2.45) is 5.92 Å². The zero-order chi connectivity index (χ0) is 21.6. The number of nitrogens with zero attached hydrogens (tertiary/aromatic N) is 1. The molecule has 0 radical (unpaired) electrons. The molecule has 0 bridgehead atoms. The molecule has 1 unspecified atom stereocenters. The van der Waals surface area contributed by atoms with Crippen LogP contribution in [0.1, 0.15) is 26.7 Å². The molecule has 11 heteroatoms. The van der Waals surface area contributed by atoms with Crippen molar-refractivity contribution in [3.05, 3.63) is 29.3 Å². The van der Waals surface area contributed by atoms with Crippen LogP contribution >= 0.6 is 11.6 Å². The third kappa shape index (κ3) is 6.41. The molecule has 2 rings (SSSR count). The van der Waals surface area contributed by atoms with E-state index >= 15 is 0 Å². The van der Waals surface area contributed by atoms with Crippen molar-refractivity contribution in [3.8, 4) is 0 Å². The Morgan fingerprint density at radius 2 is 1.90 bits per heavy atom. The molecule has 1 fully saturated rings. The molecule has 1 saturated heterocycles. The highest BCUT2D eigenvalue weighted by molar-refractivity contribution is 7.89. The number of ether oxygens (including phenoxy) is 1. The smallest absolute Gasteiger partial charge is 0.324 e. The third-order valence-corrected chi connectivity index (χ3v) is 6.34. The second-order valence-corrected chi connectivity index (χ2v) is 9.31. The van der Waals surface area contributed by atoms with Crippen LogP contribution in [-0.2, 0) is 24.3 Å². The Hall–Kier alpha value is -2.17. The van der Waals surface area contributed by atoms with Gasteiger partial charge in [-0.3, -0.25) is 14.9 Å². The number of amides is 3. The number of esters is 1. The van der Waals surface area contributed by atoms with Gasteiger partial charge >= 0.3 is 12.0 Å². The summed E-state index contributed by atoms with van der Waals surface area (Å²) in [4.78, 5) is 35.7. The Balaban J connectivity index is 1.93. The zero-order valence-electron chi connectivity index (χ0n) is 16.2. The fourth-order valence-corrected chi connectivity index (χ4v) is 4.51. The summed E-state index contributed by atoms with van der Waals surface area (Å²) in [7, 11) is -3.91. The van der Waals surface area contributed by atoms with Crippen molar-refractivity contribution in [3.63, 3.8) is 0 Å². The van der Waals surface area contributed by atoms with Crippen molar-refractivity contribution in [1.29, 1.82) is 0 Å². The highest BCUT2D eigenvalue weighted by atomic mass is 35.5. The Morgan fingerprint density at radius 3 is 2.52 bits per heavy atom. The second kappa shape index (κ2) is 10.0. The van der Waals surface area contributed by atoms with E-state index in [0.29, 0.717) is 18.0 Å². The average molecular weight is 446 g/mol. The largest absolute Gasteiger partial charge is 0.454 e. The Labute approximate surface area is 174 Å². The molecule has 1 aliphatic heterocycles. The lowest BCUT2D eigenvalue weighted by molar-refractivity contribution is -0.151. The first-order chi connectivity index (χ1) is 13.6. The van der Waals surface area contributed by atoms with Gasteiger partial charge in [0.25, 0.3) is 5.91 Å². The van der Waals surface area contributed by atoms with E-state index in [2.05, 4.69) is 5.32 Å². The van der Waals surface area contributed by atoms with Crippen LogP contribution in [0.15, 0.2) is 29.2 Å². The van der Waals surface area contributed by atoms with Crippen LogP contribution in [0.5, 0.6) is 0 Å². The van der Waals surface area contributed by atoms with Gasteiger partial charge in [-0.05, 0) is 43.0 Å². The summed E-state index contributed by atoms with van der Waals surface area (Å²) in [5.41, 5.74) is 0. The first-order valence-electron chi connectivity index (χ1n) is 9.13. The summed E-state index contributed by atoms with van der Waals surface area (Å²) >= 11 is 5.79. The van der Waals surface area contributed by atoms with E-state index in [4.69, 9.17) is 16.3 Å². The van der Waals surface area contributed by atoms with E-state index in [1.54, 1.807) is 0 Å². The average Bonchev–Trinajstić information content (AvgIpc) is 3.15. The normalized spacial score (nSPS) is 17.2. The van der Waals surface area contributed by atoms with Crippen molar-refractivity contribution in [1.82, 2.24) is 14.9 Å². The predicted molar refractivity (Wildman–Crippen MR) is 106 cm³/mol. The quantitative estimate of drug-likeness (QED) is 0.613. The van der Waals surface area contributed by atoms with Gasteiger partial charge in [-0.25, -0.2) is 13.2 Å². The van der Waals surface area contributed by atoms with E-state index < -0.39 is 40.6 Å². The number of imide groups is 1. The molecular weight excluding hydrogens is 422 g/mol. The summed E-state index contributed by atoms with van der Waals surface area (Å²) in [6, 6.07) is 3.91. The lowest BCUT2D eigenvalue weighted by Crippen LogP contribution is -2.44. The molecule has 1 aliphatic rings. The minimum absolute atomic E-state index is 0.0150. The van der Waals surface area contributed by atoms with Gasteiger partial charge in [0.2, 0.25) is 10.0 Å². The lowest BCUT2D eigenvalue weighted by atomic mass is 10.2. The molecule has 1 aromatic carbocycles. The van der Waals surface area contributed by atoms with Crippen LogP contribution in [0.3, 0.4) is 0 Å². The Morgan fingerprint density at radius 1 is 1.24 bits per heavy atom. The number of carbonyl (C=O) groups is 3. The lowest BCUT2D eigenvalue weighted by Gasteiger charge is -2.22. The molecule has 160 valence electrons. The zero-order valence-corrected chi connectivity index (χ0v) is 17.8. The van der Waals surface area contributed by atoms with E-state index in [1.165, 1.54) is 24.3 Å². The second-order valence-electron chi connectivity index (χ2n) is 6.99. The highest BCUT2D eigenvalue weighted by Crippen LogP contribution is 2.27. The van der Waals surface area contributed by atoms with Gasteiger partial charge in [0, 0.05) is 18.1 Å². The monoisotopic (exact) mass is 445 g/mol. The predicted octanol–water partition coefficient (Wildman–Crippen LogP) is 1.52. The maximum Gasteiger partial charge on any atom is 0.324 e. The first kappa shape index (κ1) is 23.1. The van der Waals surface area contributed by atoms with Crippen molar-refractivity contribution in [2.45, 2.75) is 37.6 Å². The van der Waals surface area contributed by atoms with Crippen LogP contribution < -0.4 is 10.6 Å². The summed E-state index contributed by atoms with van der Waals surface area (Å²) in [5, 5.41) is 4.93. The number of sulfonamides is 1. The van der Waals surface area contributed by atoms with E-state index in [-0.39, 0.29) is 23.8 Å². The van der Waals surface area contributed by atoms with E-state index in [0.717, 1.165) is 4.31 Å². The standard InChI is InChI=1S/C18H24ClN3O6S/c1-12(2)10-20-18(25)21-16(23)11-28-17(24)15-4-3-9-22(15)29(26,27)14-7-5-13(19)6-8-14/h5-8,12,15H,3-4,9-11H2,1-2H3,(H2,20,21,23,25). The summed E-state index contributed by atoms with van der Waals surface area (Å²) in [6.07, 6.45) is 0.762. The van der Waals surface area contributed by atoms with Gasteiger partial charge in [-0.2, -0.15) is 4.31 Å². The molecule has 29 heavy (non-hydrogen) atoms. The van der Waals surface area contributed by atoms with E-state index in [1.807, 2.05) is 19.2 Å². The highest BCUT2D eigenvalue weighted by Gasteiger charge is 2.40. The number of rotatable bonds is 7. The third-order valence-electron chi connectivity index (χ3n) is 4.17. The maximum atomic E-state index is 12.8. The fourth-order valence-electron chi connectivity index (χ4n) is 2.74. The Kier molecular flexibility index (Phi) is 8.00. The van der Waals surface area contributed by atoms with E-state index in [9.17, 15) is 22.8 Å². The molecular formula is C18H24ClN3O6S. The van der Waals surface area contributed by atoms with Gasteiger partial charge in [-0.15, -0.1) is 0 Å². The van der Waals surface area contributed by atoms with Crippen molar-refractivity contribution >= 4 is 39.5 Å². The van der Waals surface area contributed by atoms with Gasteiger partial charge < -0.3 is 10.1 Å². The molecule has 2 N–H and O–H groups in total. The van der Waals surface area contributed by atoms with Gasteiger partial charge in [-0.1, -0.05) is 25.4 Å². The van der Waals surface area contributed by atoms with Crippen LogP contribution in [0.2, 0.25) is 5.02 Å². The molecule has 0 saturated carbocycles. The SMILES string of the molecule is CC(C)CNC(=O)NC(=O)COC(=O)C1CCCN1S(=O)(=O)c1ccc(Cl)cc1. The van der Waals surface area contributed by atoms with Crippen molar-refractivity contribution < 1.29 is 27.5 Å². The molecule has 1 heterocycles. The molecule has 1 aromatic rings. The van der Waals surface area contributed by atoms with Crippen LogP contribution in [0, 0.1) is 5.92 Å². The molecule has 1 atom stereocenters. The molecule has 9 nitrogen and oxygen atoms in total. The molecule has 0 aromatic heterocycles. The molecule has 0 spiro atoms. The van der Waals surface area contributed by atoms with Crippen LogP contribution in [0.25, 0.3) is 0 Å². The number of halogens is 1. The number of carbonyl (C=O) groups excluding carboxylic acids is 3. The fraction of sp³-hybridized carbons (Fsp3) is 0.500. The van der Waals surface area contributed by atoms with Crippen molar-refractivity contribution in [2.75, 3.05) is 19.7 Å². The van der Waals surface area contributed by atoms with Crippen LogP contribution in [-0.4, -0.2) is 56.4 Å². The number of benzene rings is 1. The topological polar surface area (TPSA) is 122 Å². The molecule has 3 amide bonds. The van der Waals surface area contributed by atoms with Crippen LogP contribution in [0.4, 0.5) is 4.79 Å². The number of urea groups is 1. The van der Waals surface area contributed by atoms with Gasteiger partial charge in [0.15, 0.2) is 6.61 Å². The molecule has 0 aliphatic carbocycles. The summed E-state index contributed by atoms with van der Waals surface area (Å²) in [6.45, 7) is 3.66. The number of hydrogen-bond donors (Lipinski definition) is 2. The summed E-state index contributed by atoms with van der Waals surface area (Å²) < 4.78 is 31.6. The van der Waals surface area contributed by atoms with Gasteiger partial charge in [0.1, 0.15) is 6.04 Å². The minimum Gasteiger partial charge on any atom is -0.454 e. The maximum absolute atomic E-state index is 12.8. The number of nitrogens with one attached hydrogen (secondary N) is 2. The summed E-state index contributed by atoms with van der Waals surface area (Å²) in [5.74, 6) is -1.42. The minimum atomic E-state index is -3.91. The number of hydrogen-bond acceptors (Lipinski definition) is 6. The van der Waals surface area contributed by atoms with Gasteiger partial charge in [0.05, 0.1) is 4.90 Å². The Bertz CT molecular complexity index is 857. The first-order valence-corrected chi connectivity index (χ1v) is 10.9.